The van der Waals surface area contributed by atoms with Gasteiger partial charge >= 0.3 is 58.4 Å². The van der Waals surface area contributed by atoms with Gasteiger partial charge in [-0.15, -0.1) is 0 Å². The van der Waals surface area contributed by atoms with Crippen LogP contribution in [0.15, 0.2) is 0 Å². The minimum atomic E-state index is -4.59. The molecule has 66 valence electrons. The zero-order chi connectivity index (χ0) is 8.32. The first kappa shape index (κ1) is 13.5. The number of hydrogen-bond donors (Lipinski definition) is 1. The van der Waals surface area contributed by atoms with E-state index in [9.17, 15) is 12.9 Å². The molecule has 0 aromatic heterocycles. The van der Waals surface area contributed by atoms with Crippen molar-refractivity contribution >= 4 is 6.98 Å². The van der Waals surface area contributed by atoms with Crippen LogP contribution >= 0.6 is 0 Å². The Hall–Kier alpha value is 1.45. The summed E-state index contributed by atoms with van der Waals surface area (Å²) in [6.07, 6.45) is 1.24. The van der Waals surface area contributed by atoms with Gasteiger partial charge in [-0.2, -0.15) is 0 Å². The maximum Gasteiger partial charge on any atom is 1.00 e. The number of nitrogens with one attached hydrogen (secondary N) is 1. The van der Waals surface area contributed by atoms with E-state index in [0.29, 0.717) is 19.4 Å². The number of halogens is 3. The molecule has 0 saturated carbocycles. The van der Waals surface area contributed by atoms with Crippen LogP contribution < -0.4 is 56.7 Å². The first-order valence-electron chi connectivity index (χ1n) is 4.01. The third kappa shape index (κ3) is 4.62. The second-order valence-corrected chi connectivity index (χ2v) is 3.07. The second kappa shape index (κ2) is 6.03. The third-order valence-corrected chi connectivity index (χ3v) is 2.15. The average molecular weight is 205 g/mol. The van der Waals surface area contributed by atoms with Crippen molar-refractivity contribution in [3.8, 4) is 0 Å². The van der Waals surface area contributed by atoms with E-state index in [0.717, 1.165) is 6.54 Å². The van der Waals surface area contributed by atoms with E-state index in [1.54, 1.807) is 0 Å². The van der Waals surface area contributed by atoms with Crippen LogP contribution in [0.2, 0.25) is 5.82 Å². The molecule has 1 heterocycles. The van der Waals surface area contributed by atoms with Crippen LogP contribution in [-0.4, -0.2) is 20.1 Å². The molecular formula is C6H12BF3KN. The predicted molar refractivity (Wildman–Crippen MR) is 39.5 cm³/mol. The normalized spacial score (nSPS) is 25.8. The van der Waals surface area contributed by atoms with Gasteiger partial charge in [-0.3, -0.25) is 0 Å². The van der Waals surface area contributed by atoms with Crippen LogP contribution in [0.1, 0.15) is 19.3 Å². The molecule has 0 amide bonds. The van der Waals surface area contributed by atoms with Crippen molar-refractivity contribution < 1.29 is 64.3 Å². The molecule has 0 bridgehead atoms. The summed E-state index contributed by atoms with van der Waals surface area (Å²) in [5, 5.41) is 2.96. The molecule has 1 N–H and O–H groups in total. The number of rotatable bonds is 1. The topological polar surface area (TPSA) is 12.0 Å². The predicted octanol–water partition coefficient (Wildman–Crippen LogP) is -1.02. The van der Waals surface area contributed by atoms with Crippen molar-refractivity contribution in [3.05, 3.63) is 0 Å². The van der Waals surface area contributed by atoms with Crippen molar-refractivity contribution in [2.45, 2.75) is 25.1 Å². The van der Waals surface area contributed by atoms with Crippen LogP contribution in [0.5, 0.6) is 0 Å². The Balaban J connectivity index is 0.00000121. The molecule has 1 aliphatic heterocycles. The minimum absolute atomic E-state index is 0. The molecule has 1 unspecified atom stereocenters. The summed E-state index contributed by atoms with van der Waals surface area (Å²) in [7, 11) is 0. The summed E-state index contributed by atoms with van der Waals surface area (Å²) in [5.41, 5.74) is 0. The molecule has 6 heteroatoms. The van der Waals surface area contributed by atoms with Crippen molar-refractivity contribution in [2.75, 3.05) is 13.1 Å². The van der Waals surface area contributed by atoms with Gasteiger partial charge in [0.25, 0.3) is 0 Å². The quantitative estimate of drug-likeness (QED) is 0.540. The fourth-order valence-electron chi connectivity index (χ4n) is 1.42. The molecular weight excluding hydrogens is 193 g/mol. The van der Waals surface area contributed by atoms with Crippen molar-refractivity contribution in [2.24, 2.45) is 0 Å². The zero-order valence-electron chi connectivity index (χ0n) is 7.32. The van der Waals surface area contributed by atoms with E-state index in [4.69, 9.17) is 0 Å². The molecule has 1 atom stereocenters. The summed E-state index contributed by atoms with van der Waals surface area (Å²) in [5.74, 6) is -1.01. The summed E-state index contributed by atoms with van der Waals surface area (Å²) in [4.78, 5) is 0. The largest absolute Gasteiger partial charge is 1.00 e. The van der Waals surface area contributed by atoms with E-state index in [1.165, 1.54) is 0 Å². The molecule has 1 fully saturated rings. The minimum Gasteiger partial charge on any atom is -0.449 e. The molecule has 1 rings (SSSR count). The third-order valence-electron chi connectivity index (χ3n) is 2.15. The monoisotopic (exact) mass is 205 g/mol. The van der Waals surface area contributed by atoms with Crippen LogP contribution in [0, 0.1) is 0 Å². The second-order valence-electron chi connectivity index (χ2n) is 3.07. The molecule has 0 aromatic rings. The fourth-order valence-corrected chi connectivity index (χ4v) is 1.42. The van der Waals surface area contributed by atoms with Crippen LogP contribution in [-0.2, 0) is 0 Å². The average Bonchev–Trinajstić information content (AvgIpc) is 2.10. The molecule has 0 spiro atoms. The first-order chi connectivity index (χ1) is 5.11. The molecule has 0 aromatic carbocycles. The molecule has 12 heavy (non-hydrogen) atoms. The van der Waals surface area contributed by atoms with Crippen molar-refractivity contribution in [1.29, 1.82) is 0 Å². The Kier molecular flexibility index (Phi) is 6.76. The Morgan fingerprint density at radius 1 is 1.08 bits per heavy atom. The van der Waals surface area contributed by atoms with Gasteiger partial charge in [0.2, 0.25) is 0 Å². The summed E-state index contributed by atoms with van der Waals surface area (Å²) in [6.45, 7) is -3.33. The van der Waals surface area contributed by atoms with Gasteiger partial charge in [-0.25, -0.2) is 0 Å². The van der Waals surface area contributed by atoms with Crippen molar-refractivity contribution in [1.82, 2.24) is 5.32 Å². The van der Waals surface area contributed by atoms with E-state index in [-0.39, 0.29) is 57.8 Å². The zero-order valence-corrected chi connectivity index (χ0v) is 10.4. The SMILES string of the molecule is F[B-](F)(F)C1CCCNCC1.[K+]. The first-order valence-corrected chi connectivity index (χ1v) is 4.01. The van der Waals surface area contributed by atoms with Crippen LogP contribution in [0.25, 0.3) is 0 Å². The summed E-state index contributed by atoms with van der Waals surface area (Å²) < 4.78 is 36.5. The van der Waals surface area contributed by atoms with Crippen LogP contribution in [0.4, 0.5) is 12.9 Å². The molecule has 1 aliphatic rings. The smallest absolute Gasteiger partial charge is 0.449 e. The van der Waals surface area contributed by atoms with Crippen molar-refractivity contribution in [3.63, 3.8) is 0 Å². The van der Waals surface area contributed by atoms with E-state index in [1.807, 2.05) is 0 Å². The van der Waals surface area contributed by atoms with E-state index >= 15 is 0 Å². The van der Waals surface area contributed by atoms with E-state index in [2.05, 4.69) is 5.32 Å². The maximum absolute atomic E-state index is 12.2. The van der Waals surface area contributed by atoms with Gasteiger partial charge < -0.3 is 18.3 Å². The molecule has 1 nitrogen and oxygen atoms in total. The van der Waals surface area contributed by atoms with Gasteiger partial charge in [0.15, 0.2) is 0 Å². The summed E-state index contributed by atoms with van der Waals surface area (Å²) >= 11 is 0. The number of hydrogen-bond acceptors (Lipinski definition) is 1. The summed E-state index contributed by atoms with van der Waals surface area (Å²) in [6, 6.07) is 0. The maximum atomic E-state index is 12.2. The Morgan fingerprint density at radius 2 is 1.75 bits per heavy atom. The van der Waals surface area contributed by atoms with Gasteiger partial charge in [-0.1, -0.05) is 18.7 Å². The van der Waals surface area contributed by atoms with Gasteiger partial charge in [-0.05, 0) is 19.5 Å². The molecule has 0 radical (unpaired) electrons. The molecule has 0 aliphatic carbocycles. The Labute approximate surface area is 113 Å². The van der Waals surface area contributed by atoms with E-state index < -0.39 is 12.8 Å². The fraction of sp³-hybridized carbons (Fsp3) is 1.00. The molecule has 1 saturated heterocycles. The Bertz CT molecular complexity index is 122. The van der Waals surface area contributed by atoms with Gasteiger partial charge in [0, 0.05) is 0 Å². The standard InChI is InChI=1S/C6H12BF3N.K/c8-7(9,10)6-2-1-4-11-5-3-6;/h6,11H,1-5H2;/q-1;+1. The Morgan fingerprint density at radius 3 is 2.33 bits per heavy atom. The van der Waals surface area contributed by atoms with Crippen LogP contribution in [0.3, 0.4) is 0 Å². The van der Waals surface area contributed by atoms with Gasteiger partial charge in [0.1, 0.15) is 0 Å². The van der Waals surface area contributed by atoms with Gasteiger partial charge in [0.05, 0.1) is 0 Å².